The highest BCUT2D eigenvalue weighted by atomic mass is 16.5. The van der Waals surface area contributed by atoms with Crippen molar-refractivity contribution in [1.82, 2.24) is 10.2 Å². The van der Waals surface area contributed by atoms with Gasteiger partial charge in [0.15, 0.2) is 0 Å². The minimum absolute atomic E-state index is 0.316. The van der Waals surface area contributed by atoms with E-state index in [2.05, 4.69) is 24.1 Å². The highest BCUT2D eigenvalue weighted by Gasteiger charge is 2.25. The van der Waals surface area contributed by atoms with Crippen molar-refractivity contribution >= 4 is 5.97 Å². The number of rotatable bonds is 3. The Bertz CT molecular complexity index is 416. The molecule has 2 unspecified atom stereocenters. The smallest absolute Gasteiger partial charge is 0.374 e. The van der Waals surface area contributed by atoms with Crippen molar-refractivity contribution in [2.45, 2.75) is 32.5 Å². The van der Waals surface area contributed by atoms with Crippen molar-refractivity contribution in [1.29, 1.82) is 0 Å². The first-order valence-corrected chi connectivity index (χ1v) is 6.24. The van der Waals surface area contributed by atoms with Crippen LogP contribution in [0.4, 0.5) is 0 Å². The molecule has 18 heavy (non-hydrogen) atoms. The SMILES string of the molecule is COC(=O)c1occc1CN1CC(C)NCC1C. The Kier molecular flexibility index (Phi) is 4.04. The zero-order chi connectivity index (χ0) is 13.1. The van der Waals surface area contributed by atoms with Gasteiger partial charge in [0.05, 0.1) is 13.4 Å². The quantitative estimate of drug-likeness (QED) is 0.820. The molecule has 2 rings (SSSR count). The molecule has 0 spiro atoms. The van der Waals surface area contributed by atoms with Gasteiger partial charge in [-0.05, 0) is 19.9 Å². The Hall–Kier alpha value is -1.33. The molecule has 1 N–H and O–H groups in total. The van der Waals surface area contributed by atoms with Gasteiger partial charge in [0.1, 0.15) is 0 Å². The molecule has 0 amide bonds. The first-order valence-electron chi connectivity index (χ1n) is 6.24. The van der Waals surface area contributed by atoms with Crippen LogP contribution in [-0.2, 0) is 11.3 Å². The fourth-order valence-electron chi connectivity index (χ4n) is 2.27. The number of ether oxygens (including phenoxy) is 1. The zero-order valence-corrected chi connectivity index (χ0v) is 11.1. The standard InChI is InChI=1S/C13H20N2O3/c1-9-7-15(10(2)6-14-9)8-11-4-5-18-12(11)13(16)17-3/h4-5,9-10,14H,6-8H2,1-3H3. The molecule has 1 aromatic heterocycles. The second-order valence-corrected chi connectivity index (χ2v) is 4.85. The molecule has 1 aliphatic heterocycles. The molecule has 2 atom stereocenters. The maximum absolute atomic E-state index is 11.5. The van der Waals surface area contributed by atoms with E-state index in [1.807, 2.05) is 6.07 Å². The van der Waals surface area contributed by atoms with Gasteiger partial charge in [-0.25, -0.2) is 4.79 Å². The highest BCUT2D eigenvalue weighted by molar-refractivity contribution is 5.87. The van der Waals surface area contributed by atoms with E-state index >= 15 is 0 Å². The molecule has 1 aliphatic rings. The van der Waals surface area contributed by atoms with Crippen LogP contribution < -0.4 is 5.32 Å². The van der Waals surface area contributed by atoms with E-state index in [1.54, 1.807) is 0 Å². The van der Waals surface area contributed by atoms with Gasteiger partial charge >= 0.3 is 5.97 Å². The van der Waals surface area contributed by atoms with Crippen molar-refractivity contribution in [2.24, 2.45) is 0 Å². The largest absolute Gasteiger partial charge is 0.463 e. The lowest BCUT2D eigenvalue weighted by Gasteiger charge is -2.37. The minimum atomic E-state index is -0.411. The van der Waals surface area contributed by atoms with Gasteiger partial charge in [0.25, 0.3) is 0 Å². The summed E-state index contributed by atoms with van der Waals surface area (Å²) in [6.45, 7) is 6.99. The summed E-state index contributed by atoms with van der Waals surface area (Å²) in [5.41, 5.74) is 0.891. The van der Waals surface area contributed by atoms with Gasteiger partial charge in [0, 0.05) is 37.3 Å². The summed E-state index contributed by atoms with van der Waals surface area (Å²) in [6.07, 6.45) is 1.54. The van der Waals surface area contributed by atoms with E-state index in [-0.39, 0.29) is 0 Å². The minimum Gasteiger partial charge on any atom is -0.463 e. The summed E-state index contributed by atoms with van der Waals surface area (Å²) in [5, 5.41) is 3.43. The summed E-state index contributed by atoms with van der Waals surface area (Å²) in [4.78, 5) is 13.9. The average molecular weight is 252 g/mol. The molecule has 5 nitrogen and oxygen atoms in total. The van der Waals surface area contributed by atoms with Crippen molar-refractivity contribution < 1.29 is 13.9 Å². The van der Waals surface area contributed by atoms with Gasteiger partial charge in [-0.3, -0.25) is 4.90 Å². The first kappa shape index (κ1) is 13.1. The molecule has 100 valence electrons. The van der Waals surface area contributed by atoms with Gasteiger partial charge in [-0.2, -0.15) is 0 Å². The third-order valence-corrected chi connectivity index (χ3v) is 3.38. The molecule has 0 aliphatic carbocycles. The van der Waals surface area contributed by atoms with Crippen LogP contribution in [0, 0.1) is 0 Å². The molecule has 1 aromatic rings. The highest BCUT2D eigenvalue weighted by Crippen LogP contribution is 2.17. The van der Waals surface area contributed by atoms with Crippen LogP contribution in [0.15, 0.2) is 16.7 Å². The molecule has 2 heterocycles. The topological polar surface area (TPSA) is 54.7 Å². The Morgan fingerprint density at radius 2 is 2.39 bits per heavy atom. The van der Waals surface area contributed by atoms with E-state index in [1.165, 1.54) is 13.4 Å². The van der Waals surface area contributed by atoms with Gasteiger partial charge in [0.2, 0.25) is 5.76 Å². The number of hydrogen-bond donors (Lipinski definition) is 1. The number of nitrogens with zero attached hydrogens (tertiary/aromatic N) is 1. The average Bonchev–Trinajstić information content (AvgIpc) is 2.81. The number of furan rings is 1. The Balaban J connectivity index is 2.09. The lowest BCUT2D eigenvalue weighted by Crippen LogP contribution is -2.53. The summed E-state index contributed by atoms with van der Waals surface area (Å²) < 4.78 is 9.91. The third kappa shape index (κ3) is 2.73. The molecule has 0 radical (unpaired) electrons. The summed E-state index contributed by atoms with van der Waals surface area (Å²) in [5.74, 6) is -0.0956. The van der Waals surface area contributed by atoms with E-state index in [4.69, 9.17) is 9.15 Å². The van der Waals surface area contributed by atoms with E-state index in [0.717, 1.165) is 18.7 Å². The lowest BCUT2D eigenvalue weighted by molar-refractivity contribution is 0.0559. The van der Waals surface area contributed by atoms with Crippen molar-refractivity contribution in [3.05, 3.63) is 23.7 Å². The number of carbonyl (C=O) groups is 1. The number of esters is 1. The predicted molar refractivity (Wildman–Crippen MR) is 67.4 cm³/mol. The molecular weight excluding hydrogens is 232 g/mol. The van der Waals surface area contributed by atoms with Crippen LogP contribution in [0.1, 0.15) is 30.0 Å². The van der Waals surface area contributed by atoms with Gasteiger partial charge in [-0.15, -0.1) is 0 Å². The molecule has 0 saturated carbocycles. The fourth-order valence-corrected chi connectivity index (χ4v) is 2.27. The molecular formula is C13H20N2O3. The van der Waals surface area contributed by atoms with Gasteiger partial charge in [-0.1, -0.05) is 0 Å². The fraction of sp³-hybridized carbons (Fsp3) is 0.615. The summed E-state index contributed by atoms with van der Waals surface area (Å²) >= 11 is 0. The van der Waals surface area contributed by atoms with Gasteiger partial charge < -0.3 is 14.5 Å². The number of methoxy groups -OCH3 is 1. The second kappa shape index (κ2) is 5.54. The van der Waals surface area contributed by atoms with E-state index in [0.29, 0.717) is 24.4 Å². The molecule has 0 aromatic carbocycles. The van der Waals surface area contributed by atoms with E-state index in [9.17, 15) is 4.79 Å². The molecule has 0 bridgehead atoms. The monoisotopic (exact) mass is 252 g/mol. The molecule has 5 heteroatoms. The predicted octanol–water partition coefficient (Wildman–Crippen LogP) is 1.25. The van der Waals surface area contributed by atoms with Crippen LogP contribution >= 0.6 is 0 Å². The lowest BCUT2D eigenvalue weighted by atomic mass is 10.1. The number of piperazine rings is 1. The second-order valence-electron chi connectivity index (χ2n) is 4.85. The van der Waals surface area contributed by atoms with Crippen molar-refractivity contribution in [3.8, 4) is 0 Å². The number of hydrogen-bond acceptors (Lipinski definition) is 5. The normalized spacial score (nSPS) is 25.1. The van der Waals surface area contributed by atoms with Crippen LogP contribution in [-0.4, -0.2) is 43.2 Å². The zero-order valence-electron chi connectivity index (χ0n) is 11.1. The summed E-state index contributed by atoms with van der Waals surface area (Å²) in [7, 11) is 1.37. The third-order valence-electron chi connectivity index (χ3n) is 3.38. The van der Waals surface area contributed by atoms with Crippen LogP contribution in [0.2, 0.25) is 0 Å². The molecule has 1 fully saturated rings. The Morgan fingerprint density at radius 1 is 1.61 bits per heavy atom. The first-order chi connectivity index (χ1) is 8.61. The van der Waals surface area contributed by atoms with Crippen LogP contribution in [0.5, 0.6) is 0 Å². The number of nitrogens with one attached hydrogen (secondary N) is 1. The van der Waals surface area contributed by atoms with E-state index < -0.39 is 5.97 Å². The van der Waals surface area contributed by atoms with Crippen LogP contribution in [0.3, 0.4) is 0 Å². The maximum Gasteiger partial charge on any atom is 0.374 e. The Morgan fingerprint density at radius 3 is 3.11 bits per heavy atom. The number of carbonyl (C=O) groups excluding carboxylic acids is 1. The molecule has 1 saturated heterocycles. The maximum atomic E-state index is 11.5. The Labute approximate surface area is 107 Å². The van der Waals surface area contributed by atoms with Crippen molar-refractivity contribution in [3.63, 3.8) is 0 Å². The van der Waals surface area contributed by atoms with Crippen molar-refractivity contribution in [2.75, 3.05) is 20.2 Å². The summed E-state index contributed by atoms with van der Waals surface area (Å²) in [6, 6.07) is 2.75. The van der Waals surface area contributed by atoms with Crippen LogP contribution in [0.25, 0.3) is 0 Å².